The van der Waals surface area contributed by atoms with E-state index in [-0.39, 0.29) is 0 Å². The van der Waals surface area contributed by atoms with Crippen molar-refractivity contribution in [2.75, 3.05) is 26.4 Å². The molecule has 0 aromatic heterocycles. The SMILES string of the molecule is C=C(C)CN(C)Cc1ccc(OC)cc1N. The number of benzene rings is 1. The maximum Gasteiger partial charge on any atom is 0.120 e. The first-order valence-corrected chi connectivity index (χ1v) is 5.28. The lowest BCUT2D eigenvalue weighted by atomic mass is 10.1. The topological polar surface area (TPSA) is 38.5 Å². The fourth-order valence-corrected chi connectivity index (χ4v) is 1.65. The van der Waals surface area contributed by atoms with Crippen LogP contribution in [0.5, 0.6) is 5.75 Å². The largest absolute Gasteiger partial charge is 0.497 e. The minimum atomic E-state index is 0.771. The van der Waals surface area contributed by atoms with Gasteiger partial charge in [0, 0.05) is 24.8 Å². The van der Waals surface area contributed by atoms with Crippen molar-refractivity contribution in [3.63, 3.8) is 0 Å². The average Bonchev–Trinajstić information content (AvgIpc) is 2.19. The van der Waals surface area contributed by atoms with Gasteiger partial charge < -0.3 is 10.5 Å². The first-order chi connectivity index (χ1) is 7.52. The van der Waals surface area contributed by atoms with E-state index in [1.54, 1.807) is 7.11 Å². The number of hydrogen-bond acceptors (Lipinski definition) is 3. The molecule has 0 saturated carbocycles. The van der Waals surface area contributed by atoms with Gasteiger partial charge in [-0.2, -0.15) is 0 Å². The molecular weight excluding hydrogens is 200 g/mol. The highest BCUT2D eigenvalue weighted by Gasteiger charge is 2.05. The molecule has 0 unspecified atom stereocenters. The summed E-state index contributed by atoms with van der Waals surface area (Å²) in [6.07, 6.45) is 0. The minimum Gasteiger partial charge on any atom is -0.497 e. The number of methoxy groups -OCH3 is 1. The predicted octanol–water partition coefficient (Wildman–Crippen LogP) is 2.29. The van der Waals surface area contributed by atoms with Crippen molar-refractivity contribution in [3.8, 4) is 5.75 Å². The van der Waals surface area contributed by atoms with Gasteiger partial charge in [-0.05, 0) is 25.6 Å². The molecule has 0 amide bonds. The van der Waals surface area contributed by atoms with Crippen molar-refractivity contribution in [2.45, 2.75) is 13.5 Å². The van der Waals surface area contributed by atoms with Crippen LogP contribution in [-0.2, 0) is 6.54 Å². The van der Waals surface area contributed by atoms with E-state index in [1.807, 2.05) is 25.1 Å². The van der Waals surface area contributed by atoms with Gasteiger partial charge in [0.2, 0.25) is 0 Å². The lowest BCUT2D eigenvalue weighted by Gasteiger charge is -2.18. The van der Waals surface area contributed by atoms with Crippen molar-refractivity contribution in [1.29, 1.82) is 0 Å². The summed E-state index contributed by atoms with van der Waals surface area (Å²) in [5.41, 5.74) is 8.98. The number of hydrogen-bond donors (Lipinski definition) is 1. The van der Waals surface area contributed by atoms with Crippen LogP contribution in [0.15, 0.2) is 30.4 Å². The Kier molecular flexibility index (Phi) is 4.38. The summed E-state index contributed by atoms with van der Waals surface area (Å²) in [6.45, 7) is 7.62. The van der Waals surface area contributed by atoms with E-state index in [2.05, 4.69) is 18.5 Å². The zero-order valence-electron chi connectivity index (χ0n) is 10.3. The first kappa shape index (κ1) is 12.6. The molecule has 0 heterocycles. The average molecular weight is 220 g/mol. The van der Waals surface area contributed by atoms with E-state index >= 15 is 0 Å². The third-order valence-corrected chi connectivity index (χ3v) is 2.33. The monoisotopic (exact) mass is 220 g/mol. The molecular formula is C13H20N2O. The van der Waals surface area contributed by atoms with Crippen molar-refractivity contribution in [3.05, 3.63) is 35.9 Å². The summed E-state index contributed by atoms with van der Waals surface area (Å²) in [5.74, 6) is 0.795. The fraction of sp³-hybridized carbons (Fsp3) is 0.385. The highest BCUT2D eigenvalue weighted by molar-refractivity contribution is 5.51. The number of likely N-dealkylation sites (N-methyl/N-ethyl adjacent to an activating group) is 1. The van der Waals surface area contributed by atoms with E-state index in [0.717, 1.165) is 35.7 Å². The number of nitrogens with two attached hydrogens (primary N) is 1. The number of anilines is 1. The zero-order chi connectivity index (χ0) is 12.1. The van der Waals surface area contributed by atoms with Gasteiger partial charge in [-0.3, -0.25) is 4.90 Å². The molecule has 0 saturated heterocycles. The van der Waals surface area contributed by atoms with E-state index in [0.29, 0.717) is 0 Å². The summed E-state index contributed by atoms with van der Waals surface area (Å²) < 4.78 is 5.11. The molecule has 0 radical (unpaired) electrons. The summed E-state index contributed by atoms with van der Waals surface area (Å²) in [7, 11) is 3.69. The van der Waals surface area contributed by atoms with Crippen molar-refractivity contribution < 1.29 is 4.74 Å². The number of rotatable bonds is 5. The molecule has 0 atom stereocenters. The van der Waals surface area contributed by atoms with E-state index in [9.17, 15) is 0 Å². The van der Waals surface area contributed by atoms with Crippen LogP contribution in [0.4, 0.5) is 5.69 Å². The van der Waals surface area contributed by atoms with Crippen LogP contribution in [0.2, 0.25) is 0 Å². The van der Waals surface area contributed by atoms with Crippen molar-refractivity contribution in [1.82, 2.24) is 4.90 Å². The van der Waals surface area contributed by atoms with Gasteiger partial charge in [-0.15, -0.1) is 0 Å². The van der Waals surface area contributed by atoms with Gasteiger partial charge >= 0.3 is 0 Å². The number of ether oxygens (including phenoxy) is 1. The zero-order valence-corrected chi connectivity index (χ0v) is 10.3. The van der Waals surface area contributed by atoms with Crippen LogP contribution in [-0.4, -0.2) is 25.6 Å². The minimum absolute atomic E-state index is 0.771. The Hall–Kier alpha value is -1.48. The van der Waals surface area contributed by atoms with Crippen LogP contribution < -0.4 is 10.5 Å². The molecule has 1 aromatic carbocycles. The maximum absolute atomic E-state index is 5.95. The van der Waals surface area contributed by atoms with Crippen LogP contribution in [0.3, 0.4) is 0 Å². The fourth-order valence-electron chi connectivity index (χ4n) is 1.65. The molecule has 0 aliphatic rings. The number of nitrogen functional groups attached to an aromatic ring is 1. The Morgan fingerprint density at radius 1 is 1.50 bits per heavy atom. The Labute approximate surface area is 97.5 Å². The lowest BCUT2D eigenvalue weighted by Crippen LogP contribution is -2.20. The smallest absolute Gasteiger partial charge is 0.120 e. The van der Waals surface area contributed by atoms with Crippen LogP contribution >= 0.6 is 0 Å². The summed E-state index contributed by atoms with van der Waals surface area (Å²) >= 11 is 0. The molecule has 0 fully saturated rings. The second-order valence-corrected chi connectivity index (χ2v) is 4.19. The molecule has 1 rings (SSSR count). The second kappa shape index (κ2) is 5.56. The summed E-state index contributed by atoms with van der Waals surface area (Å²) in [5, 5.41) is 0. The van der Waals surface area contributed by atoms with Gasteiger partial charge in [0.25, 0.3) is 0 Å². The van der Waals surface area contributed by atoms with Crippen molar-refractivity contribution in [2.24, 2.45) is 0 Å². The van der Waals surface area contributed by atoms with E-state index in [4.69, 9.17) is 10.5 Å². The summed E-state index contributed by atoms with van der Waals surface area (Å²) in [6, 6.07) is 5.79. The predicted molar refractivity (Wildman–Crippen MR) is 68.6 cm³/mol. The first-order valence-electron chi connectivity index (χ1n) is 5.28. The number of nitrogens with zero attached hydrogens (tertiary/aromatic N) is 1. The maximum atomic E-state index is 5.95. The molecule has 1 aromatic rings. The van der Waals surface area contributed by atoms with Gasteiger partial charge in [0.05, 0.1) is 7.11 Å². The Balaban J connectivity index is 2.70. The van der Waals surface area contributed by atoms with Crippen LogP contribution in [0.1, 0.15) is 12.5 Å². The van der Waals surface area contributed by atoms with Gasteiger partial charge in [0.1, 0.15) is 5.75 Å². The molecule has 2 N–H and O–H groups in total. The van der Waals surface area contributed by atoms with Crippen LogP contribution in [0, 0.1) is 0 Å². The Morgan fingerprint density at radius 3 is 2.69 bits per heavy atom. The molecule has 3 nitrogen and oxygen atoms in total. The molecule has 0 spiro atoms. The molecule has 16 heavy (non-hydrogen) atoms. The standard InChI is InChI=1S/C13H20N2O/c1-10(2)8-15(3)9-11-5-6-12(16-4)7-13(11)14/h5-7H,1,8-9,14H2,2-4H3. The summed E-state index contributed by atoms with van der Waals surface area (Å²) in [4.78, 5) is 2.18. The second-order valence-electron chi connectivity index (χ2n) is 4.19. The molecule has 0 aliphatic heterocycles. The molecule has 0 aliphatic carbocycles. The lowest BCUT2D eigenvalue weighted by molar-refractivity contribution is 0.355. The highest BCUT2D eigenvalue weighted by Crippen LogP contribution is 2.20. The van der Waals surface area contributed by atoms with Gasteiger partial charge in [-0.1, -0.05) is 18.2 Å². The van der Waals surface area contributed by atoms with Gasteiger partial charge in [0.15, 0.2) is 0 Å². The van der Waals surface area contributed by atoms with Crippen molar-refractivity contribution >= 4 is 5.69 Å². The Morgan fingerprint density at radius 2 is 2.19 bits per heavy atom. The van der Waals surface area contributed by atoms with E-state index in [1.165, 1.54) is 0 Å². The molecule has 3 heteroatoms. The Bertz CT molecular complexity index is 374. The molecule has 88 valence electrons. The highest BCUT2D eigenvalue weighted by atomic mass is 16.5. The van der Waals surface area contributed by atoms with Crippen LogP contribution in [0.25, 0.3) is 0 Å². The quantitative estimate of drug-likeness (QED) is 0.611. The normalized spacial score (nSPS) is 10.5. The van der Waals surface area contributed by atoms with E-state index < -0.39 is 0 Å². The third kappa shape index (κ3) is 3.59. The van der Waals surface area contributed by atoms with Gasteiger partial charge in [-0.25, -0.2) is 0 Å². The third-order valence-electron chi connectivity index (χ3n) is 2.33. The molecule has 0 bridgehead atoms.